The number of carbonyl (C=O) groups is 2. The molecule has 3 atom stereocenters. The van der Waals surface area contributed by atoms with Crippen LogP contribution < -0.4 is 0 Å². The van der Waals surface area contributed by atoms with E-state index >= 15 is 0 Å². The summed E-state index contributed by atoms with van der Waals surface area (Å²) in [4.78, 5) is 22.4. The van der Waals surface area contributed by atoms with E-state index in [2.05, 4.69) is 0 Å². The van der Waals surface area contributed by atoms with Crippen molar-refractivity contribution in [2.24, 2.45) is 11.8 Å². The Labute approximate surface area is 95.3 Å². The Bertz CT molecular complexity index is 287. The van der Waals surface area contributed by atoms with E-state index < -0.39 is 0 Å². The highest BCUT2D eigenvalue weighted by atomic mass is 16.5. The molecule has 2 aliphatic rings. The topological polar surface area (TPSA) is 52.6 Å². The molecule has 0 N–H and O–H groups in total. The maximum Gasteiger partial charge on any atom is 0.309 e. The van der Waals surface area contributed by atoms with Gasteiger partial charge in [0.05, 0.1) is 12.5 Å². The molecule has 2 rings (SSSR count). The minimum Gasteiger partial charge on any atom is -0.466 e. The Morgan fingerprint density at radius 1 is 1.44 bits per heavy atom. The summed E-state index contributed by atoms with van der Waals surface area (Å²) in [5.41, 5.74) is 0. The molecule has 16 heavy (non-hydrogen) atoms. The van der Waals surface area contributed by atoms with Crippen LogP contribution in [0.15, 0.2) is 0 Å². The summed E-state index contributed by atoms with van der Waals surface area (Å²) in [6.45, 7) is 1.85. The Morgan fingerprint density at radius 3 is 3.00 bits per heavy atom. The van der Waals surface area contributed by atoms with Crippen molar-refractivity contribution in [1.29, 1.82) is 0 Å². The quantitative estimate of drug-likeness (QED) is 0.672. The fraction of sp³-hybridized carbons (Fsp3) is 0.833. The summed E-state index contributed by atoms with van der Waals surface area (Å²) in [5, 5.41) is 0. The molecule has 0 aromatic rings. The number of esters is 2. The van der Waals surface area contributed by atoms with E-state index in [1.807, 2.05) is 0 Å². The van der Waals surface area contributed by atoms with Gasteiger partial charge in [0.25, 0.3) is 0 Å². The van der Waals surface area contributed by atoms with Crippen LogP contribution in [0.1, 0.15) is 39.0 Å². The van der Waals surface area contributed by atoms with Crippen LogP contribution >= 0.6 is 0 Å². The first-order valence-electron chi connectivity index (χ1n) is 5.99. The lowest BCUT2D eigenvalue weighted by Gasteiger charge is -2.21. The molecule has 4 heteroatoms. The van der Waals surface area contributed by atoms with Gasteiger partial charge in [-0.2, -0.15) is 0 Å². The van der Waals surface area contributed by atoms with Crippen molar-refractivity contribution in [3.63, 3.8) is 0 Å². The van der Waals surface area contributed by atoms with Gasteiger partial charge in [-0.15, -0.1) is 0 Å². The summed E-state index contributed by atoms with van der Waals surface area (Å²) >= 11 is 0. The average Bonchev–Trinajstić information content (AvgIpc) is 2.43. The lowest BCUT2D eigenvalue weighted by Crippen LogP contribution is -2.20. The molecular formula is C12H18O4. The zero-order valence-electron chi connectivity index (χ0n) is 9.61. The van der Waals surface area contributed by atoms with Gasteiger partial charge in [-0.1, -0.05) is 0 Å². The Balaban J connectivity index is 1.97. The van der Waals surface area contributed by atoms with Gasteiger partial charge in [0.1, 0.15) is 6.10 Å². The second-order valence-corrected chi connectivity index (χ2v) is 4.83. The van der Waals surface area contributed by atoms with Crippen molar-refractivity contribution in [2.75, 3.05) is 6.61 Å². The molecule has 0 aromatic heterocycles. The van der Waals surface area contributed by atoms with Gasteiger partial charge >= 0.3 is 11.9 Å². The van der Waals surface area contributed by atoms with E-state index in [1.54, 1.807) is 0 Å². The van der Waals surface area contributed by atoms with E-state index in [0.29, 0.717) is 6.61 Å². The average molecular weight is 226 g/mol. The Kier molecular flexibility index (Phi) is 3.46. The molecule has 0 aliphatic carbocycles. The molecule has 0 aromatic carbocycles. The van der Waals surface area contributed by atoms with Crippen molar-refractivity contribution in [2.45, 2.75) is 45.1 Å². The largest absolute Gasteiger partial charge is 0.466 e. The third kappa shape index (κ3) is 2.74. The third-order valence-corrected chi connectivity index (χ3v) is 3.43. The van der Waals surface area contributed by atoms with Gasteiger partial charge < -0.3 is 9.47 Å². The van der Waals surface area contributed by atoms with E-state index in [0.717, 1.165) is 32.1 Å². The predicted molar refractivity (Wildman–Crippen MR) is 56.6 cm³/mol. The summed E-state index contributed by atoms with van der Waals surface area (Å²) in [5.74, 6) is 0.00758. The fourth-order valence-electron chi connectivity index (χ4n) is 2.65. The Hall–Kier alpha value is -1.06. The predicted octanol–water partition coefficient (Wildman–Crippen LogP) is 1.67. The number of carbonyl (C=O) groups excluding carboxylic acids is 2. The summed E-state index contributed by atoms with van der Waals surface area (Å²) in [7, 11) is 0. The van der Waals surface area contributed by atoms with Gasteiger partial charge in [-0.3, -0.25) is 9.59 Å². The van der Waals surface area contributed by atoms with Crippen molar-refractivity contribution in [3.8, 4) is 0 Å². The maximum absolute atomic E-state index is 11.6. The lowest BCUT2D eigenvalue weighted by atomic mass is 9.85. The van der Waals surface area contributed by atoms with Crippen molar-refractivity contribution in [1.82, 2.24) is 0 Å². The fourth-order valence-corrected chi connectivity index (χ4v) is 2.65. The minimum atomic E-state index is -0.248. The number of fused-ring (bicyclic) bond motifs is 3. The lowest BCUT2D eigenvalue weighted by molar-refractivity contribution is -0.151. The first kappa shape index (κ1) is 11.4. The number of hydrogen-bond acceptors (Lipinski definition) is 4. The van der Waals surface area contributed by atoms with Gasteiger partial charge in [0, 0.05) is 6.92 Å². The molecule has 4 nitrogen and oxygen atoms in total. The number of hydrogen-bond donors (Lipinski definition) is 0. The zero-order valence-corrected chi connectivity index (χ0v) is 9.61. The second-order valence-electron chi connectivity index (χ2n) is 4.83. The summed E-state index contributed by atoms with van der Waals surface area (Å²) < 4.78 is 10.4. The molecule has 3 unspecified atom stereocenters. The van der Waals surface area contributed by atoms with E-state index in [-0.39, 0.29) is 29.9 Å². The highest BCUT2D eigenvalue weighted by Crippen LogP contribution is 2.34. The molecule has 2 heterocycles. The molecule has 2 saturated heterocycles. The summed E-state index contributed by atoms with van der Waals surface area (Å²) in [6, 6.07) is 0. The number of ether oxygens (including phenoxy) is 2. The minimum absolute atomic E-state index is 0.0214. The molecule has 2 bridgehead atoms. The molecule has 0 radical (unpaired) electrons. The SMILES string of the molecule is CC(=O)OCC1CC2CCCC(C1)C(=O)O2. The number of rotatable bonds is 2. The van der Waals surface area contributed by atoms with Crippen LogP contribution in [-0.4, -0.2) is 24.6 Å². The highest BCUT2D eigenvalue weighted by Gasteiger charge is 2.35. The van der Waals surface area contributed by atoms with E-state index in [1.165, 1.54) is 6.92 Å². The molecule has 0 saturated carbocycles. The van der Waals surface area contributed by atoms with E-state index in [4.69, 9.17) is 9.47 Å². The summed E-state index contributed by atoms with van der Waals surface area (Å²) in [6.07, 6.45) is 4.64. The van der Waals surface area contributed by atoms with Crippen LogP contribution in [0.5, 0.6) is 0 Å². The van der Waals surface area contributed by atoms with Crippen LogP contribution in [0.4, 0.5) is 0 Å². The van der Waals surface area contributed by atoms with Crippen LogP contribution in [0, 0.1) is 11.8 Å². The van der Waals surface area contributed by atoms with Gasteiger partial charge in [-0.25, -0.2) is 0 Å². The normalized spacial score (nSPS) is 33.8. The van der Waals surface area contributed by atoms with Crippen LogP contribution in [0.25, 0.3) is 0 Å². The standard InChI is InChI=1S/C12H18O4/c1-8(13)15-7-9-5-10-3-2-4-11(6-9)16-12(10)14/h9-11H,2-7H2,1H3. The first-order valence-corrected chi connectivity index (χ1v) is 5.99. The third-order valence-electron chi connectivity index (χ3n) is 3.43. The zero-order chi connectivity index (χ0) is 11.5. The molecule has 90 valence electrons. The molecule has 2 aliphatic heterocycles. The molecule has 0 spiro atoms. The first-order chi connectivity index (χ1) is 7.65. The highest BCUT2D eigenvalue weighted by molar-refractivity contribution is 5.73. The molecular weight excluding hydrogens is 208 g/mol. The monoisotopic (exact) mass is 226 g/mol. The van der Waals surface area contributed by atoms with Crippen LogP contribution in [-0.2, 0) is 19.1 Å². The maximum atomic E-state index is 11.6. The smallest absolute Gasteiger partial charge is 0.309 e. The van der Waals surface area contributed by atoms with Crippen molar-refractivity contribution < 1.29 is 19.1 Å². The molecule has 2 fully saturated rings. The van der Waals surface area contributed by atoms with E-state index in [9.17, 15) is 9.59 Å². The van der Waals surface area contributed by atoms with Crippen molar-refractivity contribution >= 4 is 11.9 Å². The molecule has 0 amide bonds. The Morgan fingerprint density at radius 2 is 2.25 bits per heavy atom. The van der Waals surface area contributed by atoms with Crippen LogP contribution in [0.2, 0.25) is 0 Å². The van der Waals surface area contributed by atoms with Gasteiger partial charge in [0.15, 0.2) is 0 Å². The van der Waals surface area contributed by atoms with Crippen molar-refractivity contribution in [3.05, 3.63) is 0 Å². The van der Waals surface area contributed by atoms with Gasteiger partial charge in [0.2, 0.25) is 0 Å². The van der Waals surface area contributed by atoms with Crippen LogP contribution in [0.3, 0.4) is 0 Å². The second kappa shape index (κ2) is 4.85. The van der Waals surface area contributed by atoms with Gasteiger partial charge in [-0.05, 0) is 38.0 Å².